The van der Waals surface area contributed by atoms with E-state index in [1.54, 1.807) is 0 Å². The number of hydrogen-bond acceptors (Lipinski definition) is 5. The van der Waals surface area contributed by atoms with Gasteiger partial charge in [-0.05, 0) is 12.1 Å². The average Bonchev–Trinajstić information content (AvgIpc) is 2.23. The van der Waals surface area contributed by atoms with Gasteiger partial charge in [-0.2, -0.15) is 0 Å². The van der Waals surface area contributed by atoms with E-state index in [1.165, 1.54) is 18.2 Å². The number of anilines is 1. The molecule has 0 aliphatic carbocycles. The molecular weight excluding hydrogens is 202 g/mol. The van der Waals surface area contributed by atoms with E-state index in [-0.39, 0.29) is 26.2 Å². The van der Waals surface area contributed by atoms with Gasteiger partial charge in [-0.3, -0.25) is 9.59 Å². The molecule has 0 unspecified atom stereocenters. The minimum atomic E-state index is -1.26. The van der Waals surface area contributed by atoms with Gasteiger partial charge in [-0.15, -0.1) is 9.46 Å². The first-order valence-corrected chi connectivity index (χ1v) is 3.99. The van der Waals surface area contributed by atoms with Crippen LogP contribution in [-0.4, -0.2) is 19.9 Å². The molecule has 0 saturated carbocycles. The predicted molar refractivity (Wildman–Crippen MR) is 51.2 cm³/mol. The number of para-hydroxylation sites is 1. The lowest BCUT2D eigenvalue weighted by molar-refractivity contribution is 0.157. The molecule has 1 aromatic carbocycles. The molecule has 7 nitrogen and oxygen atoms in total. The molecule has 0 amide bonds. The first-order valence-electron chi connectivity index (χ1n) is 3.99. The summed E-state index contributed by atoms with van der Waals surface area (Å²) < 4.78 is 0.278. The lowest BCUT2D eigenvalue weighted by Gasteiger charge is -2.07. The van der Waals surface area contributed by atoms with Gasteiger partial charge in [0.1, 0.15) is 11.0 Å². The molecular formula is C8H7N3O4. The summed E-state index contributed by atoms with van der Waals surface area (Å²) in [5, 5.41) is 18.7. The van der Waals surface area contributed by atoms with Crippen LogP contribution in [0.2, 0.25) is 0 Å². The number of benzene rings is 1. The minimum Gasteiger partial charge on any atom is -0.425 e. The third-order valence-corrected chi connectivity index (χ3v) is 2.05. The summed E-state index contributed by atoms with van der Waals surface area (Å²) in [7, 11) is 0. The van der Waals surface area contributed by atoms with E-state index in [0.717, 1.165) is 0 Å². The van der Waals surface area contributed by atoms with Gasteiger partial charge < -0.3 is 16.1 Å². The quantitative estimate of drug-likeness (QED) is 0.299. The maximum Gasteiger partial charge on any atom is 0.352 e. The second-order valence-corrected chi connectivity index (χ2v) is 2.95. The molecule has 0 radical (unpaired) electrons. The summed E-state index contributed by atoms with van der Waals surface area (Å²) in [6.07, 6.45) is 0. The van der Waals surface area contributed by atoms with Gasteiger partial charge in [0.25, 0.3) is 0 Å². The molecule has 78 valence electrons. The topological polar surface area (TPSA) is 110 Å². The maximum atomic E-state index is 11.1. The van der Waals surface area contributed by atoms with Gasteiger partial charge >= 0.3 is 11.1 Å². The van der Waals surface area contributed by atoms with E-state index in [0.29, 0.717) is 0 Å². The SMILES string of the molecule is Nc1cccc2c1n(O)c(=O)c(=O)n2O. The lowest BCUT2D eigenvalue weighted by Crippen LogP contribution is -2.40. The Labute approximate surface area is 82.1 Å². The Bertz CT molecular complexity index is 655. The lowest BCUT2D eigenvalue weighted by atomic mass is 10.2. The third-order valence-electron chi connectivity index (χ3n) is 2.05. The molecule has 0 aliphatic heterocycles. The van der Waals surface area contributed by atoms with Crippen molar-refractivity contribution in [2.24, 2.45) is 0 Å². The van der Waals surface area contributed by atoms with E-state index in [1.807, 2.05) is 0 Å². The van der Waals surface area contributed by atoms with Crippen LogP contribution in [0.5, 0.6) is 0 Å². The Morgan fingerprint density at radius 1 is 1.07 bits per heavy atom. The summed E-state index contributed by atoms with van der Waals surface area (Å²) in [6.45, 7) is 0. The first-order chi connectivity index (χ1) is 7.04. The van der Waals surface area contributed by atoms with Crippen molar-refractivity contribution in [1.82, 2.24) is 9.46 Å². The van der Waals surface area contributed by atoms with E-state index >= 15 is 0 Å². The van der Waals surface area contributed by atoms with Gasteiger partial charge in [-0.25, -0.2) is 0 Å². The van der Waals surface area contributed by atoms with Crippen LogP contribution in [0.25, 0.3) is 11.0 Å². The molecule has 2 aromatic rings. The number of rotatable bonds is 0. The van der Waals surface area contributed by atoms with Crippen LogP contribution in [0.3, 0.4) is 0 Å². The maximum absolute atomic E-state index is 11.1. The zero-order valence-corrected chi connectivity index (χ0v) is 7.41. The zero-order chi connectivity index (χ0) is 11.2. The van der Waals surface area contributed by atoms with Crippen molar-refractivity contribution in [2.45, 2.75) is 0 Å². The normalized spacial score (nSPS) is 10.7. The van der Waals surface area contributed by atoms with Crippen molar-refractivity contribution in [1.29, 1.82) is 0 Å². The van der Waals surface area contributed by atoms with Crippen molar-refractivity contribution in [2.75, 3.05) is 5.73 Å². The Balaban J connectivity index is 3.23. The number of nitrogen functional groups attached to an aromatic ring is 1. The summed E-state index contributed by atoms with van der Waals surface area (Å²) in [6, 6.07) is 4.26. The van der Waals surface area contributed by atoms with E-state index in [4.69, 9.17) is 5.73 Å². The van der Waals surface area contributed by atoms with Crippen LogP contribution in [0, 0.1) is 0 Å². The van der Waals surface area contributed by atoms with Gasteiger partial charge in [0.05, 0.1) is 5.69 Å². The highest BCUT2D eigenvalue weighted by atomic mass is 16.5. The molecule has 0 spiro atoms. The molecule has 2 rings (SSSR count). The highest BCUT2D eigenvalue weighted by Gasteiger charge is 2.13. The standard InChI is InChI=1S/C8H7N3O4/c9-4-2-1-3-5-6(4)11(15)8(13)7(12)10(5)14/h1-3,14-15H,9H2. The molecule has 0 atom stereocenters. The Morgan fingerprint density at radius 3 is 2.33 bits per heavy atom. The molecule has 0 aliphatic rings. The highest BCUT2D eigenvalue weighted by molar-refractivity contribution is 5.86. The molecule has 0 bridgehead atoms. The van der Waals surface area contributed by atoms with E-state index < -0.39 is 11.1 Å². The number of fused-ring (bicyclic) bond motifs is 1. The summed E-state index contributed by atoms with van der Waals surface area (Å²) in [5.74, 6) is 0. The molecule has 1 aromatic heterocycles. The molecule has 7 heteroatoms. The second kappa shape index (κ2) is 2.77. The van der Waals surface area contributed by atoms with Gasteiger partial charge in [-0.1, -0.05) is 6.07 Å². The van der Waals surface area contributed by atoms with Crippen LogP contribution in [0.15, 0.2) is 27.8 Å². The fourth-order valence-corrected chi connectivity index (χ4v) is 1.34. The van der Waals surface area contributed by atoms with Crippen LogP contribution < -0.4 is 16.9 Å². The molecule has 4 N–H and O–H groups in total. The Hall–Kier alpha value is -2.44. The van der Waals surface area contributed by atoms with Crippen LogP contribution in [-0.2, 0) is 0 Å². The minimum absolute atomic E-state index is 0.0397. The van der Waals surface area contributed by atoms with Crippen LogP contribution in [0.1, 0.15) is 0 Å². The number of aromatic nitrogens is 2. The smallest absolute Gasteiger partial charge is 0.352 e. The average molecular weight is 209 g/mol. The van der Waals surface area contributed by atoms with Gasteiger partial charge in [0.15, 0.2) is 0 Å². The fourth-order valence-electron chi connectivity index (χ4n) is 1.34. The zero-order valence-electron chi connectivity index (χ0n) is 7.41. The second-order valence-electron chi connectivity index (χ2n) is 2.95. The van der Waals surface area contributed by atoms with Gasteiger partial charge in [0.2, 0.25) is 0 Å². The fraction of sp³-hybridized carbons (Fsp3) is 0. The monoisotopic (exact) mass is 209 g/mol. The first kappa shape index (κ1) is 9.13. The van der Waals surface area contributed by atoms with Crippen molar-refractivity contribution >= 4 is 16.7 Å². The molecule has 1 heterocycles. The van der Waals surface area contributed by atoms with Crippen molar-refractivity contribution in [3.05, 3.63) is 38.9 Å². The molecule has 0 fully saturated rings. The van der Waals surface area contributed by atoms with Crippen LogP contribution >= 0.6 is 0 Å². The molecule has 0 saturated heterocycles. The van der Waals surface area contributed by atoms with Crippen molar-refractivity contribution < 1.29 is 10.4 Å². The van der Waals surface area contributed by atoms with Gasteiger partial charge in [0, 0.05) is 0 Å². The highest BCUT2D eigenvalue weighted by Crippen LogP contribution is 2.16. The molecule has 15 heavy (non-hydrogen) atoms. The number of hydrogen-bond donors (Lipinski definition) is 3. The Kier molecular flexibility index (Phi) is 1.69. The predicted octanol–water partition coefficient (Wildman–Crippen LogP) is -0.780. The summed E-state index contributed by atoms with van der Waals surface area (Å²) in [4.78, 5) is 22.2. The van der Waals surface area contributed by atoms with Crippen LogP contribution in [0.4, 0.5) is 5.69 Å². The summed E-state index contributed by atoms with van der Waals surface area (Å²) >= 11 is 0. The van der Waals surface area contributed by atoms with E-state index in [2.05, 4.69) is 0 Å². The number of nitrogens with zero attached hydrogens (tertiary/aromatic N) is 2. The summed E-state index contributed by atoms with van der Waals surface area (Å²) in [5.41, 5.74) is 2.93. The largest absolute Gasteiger partial charge is 0.425 e. The third kappa shape index (κ3) is 1.06. The van der Waals surface area contributed by atoms with Crippen molar-refractivity contribution in [3.63, 3.8) is 0 Å². The van der Waals surface area contributed by atoms with Crippen molar-refractivity contribution in [3.8, 4) is 0 Å². The Morgan fingerprint density at radius 2 is 1.67 bits per heavy atom. The number of nitrogens with two attached hydrogens (primary N) is 1. The van der Waals surface area contributed by atoms with E-state index in [9.17, 15) is 20.0 Å².